The smallest absolute Gasteiger partial charge is 0.230 e. The van der Waals surface area contributed by atoms with E-state index in [1.54, 1.807) is 16.7 Å². The van der Waals surface area contributed by atoms with Crippen LogP contribution in [-0.4, -0.2) is 40.2 Å². The van der Waals surface area contributed by atoms with Gasteiger partial charge in [-0.2, -0.15) is 9.78 Å². The summed E-state index contributed by atoms with van der Waals surface area (Å²) in [6.45, 7) is 8.30. The average molecular weight is 498 g/mol. The van der Waals surface area contributed by atoms with Gasteiger partial charge in [0.05, 0.1) is 18.7 Å². The lowest BCUT2D eigenvalue weighted by atomic mass is 10.0. The number of amides is 2. The van der Waals surface area contributed by atoms with Crippen LogP contribution in [-0.2, 0) is 16.0 Å². The van der Waals surface area contributed by atoms with Crippen LogP contribution in [0.4, 0.5) is 11.5 Å². The molecule has 2 aromatic carbocycles. The van der Waals surface area contributed by atoms with Crippen molar-refractivity contribution in [3.63, 3.8) is 0 Å². The van der Waals surface area contributed by atoms with E-state index in [2.05, 4.69) is 17.3 Å². The first kappa shape index (κ1) is 24.5. The highest BCUT2D eigenvalue weighted by molar-refractivity contribution is 6.04. The molecule has 1 aliphatic rings. The zero-order valence-corrected chi connectivity index (χ0v) is 21.8. The van der Waals surface area contributed by atoms with Crippen molar-refractivity contribution in [2.75, 3.05) is 23.9 Å². The highest BCUT2D eigenvalue weighted by Crippen LogP contribution is 2.33. The van der Waals surface area contributed by atoms with Gasteiger partial charge in [0, 0.05) is 30.1 Å². The third-order valence-electron chi connectivity index (χ3n) is 6.98. The van der Waals surface area contributed by atoms with Crippen LogP contribution >= 0.6 is 0 Å². The Morgan fingerprint density at radius 1 is 1.11 bits per heavy atom. The summed E-state index contributed by atoms with van der Waals surface area (Å²) in [6.07, 6.45) is 0.986. The molecule has 1 unspecified atom stereocenters. The first-order valence-corrected chi connectivity index (χ1v) is 12.5. The number of carbonyl (C=O) groups is 2. The van der Waals surface area contributed by atoms with Gasteiger partial charge in [0.1, 0.15) is 17.1 Å². The fourth-order valence-electron chi connectivity index (χ4n) is 5.13. The number of ether oxygens (including phenoxy) is 1. The zero-order valence-electron chi connectivity index (χ0n) is 21.8. The van der Waals surface area contributed by atoms with Crippen molar-refractivity contribution in [2.45, 2.75) is 40.5 Å². The molecule has 0 saturated carbocycles. The van der Waals surface area contributed by atoms with Gasteiger partial charge in [0.25, 0.3) is 0 Å². The summed E-state index contributed by atoms with van der Waals surface area (Å²) in [7, 11) is 1.62. The van der Waals surface area contributed by atoms with Crippen molar-refractivity contribution in [2.24, 2.45) is 5.92 Å². The molecule has 0 radical (unpaired) electrons. The molecule has 37 heavy (non-hydrogen) atoms. The SMILES string of the molecule is CCc1cccc(C)c1N1CC(C(=O)Nc2cc(C)nn2-c2cc(C)c3cccc(OC)c3n2)CC1=O. The predicted octanol–water partition coefficient (Wildman–Crippen LogP) is 4.91. The number of pyridine rings is 1. The number of carbonyl (C=O) groups excluding carboxylic acids is 2. The predicted molar refractivity (Wildman–Crippen MR) is 145 cm³/mol. The van der Waals surface area contributed by atoms with E-state index in [1.807, 2.05) is 69.3 Å². The second kappa shape index (κ2) is 9.69. The Balaban J connectivity index is 1.43. The van der Waals surface area contributed by atoms with Gasteiger partial charge < -0.3 is 15.0 Å². The van der Waals surface area contributed by atoms with Crippen molar-refractivity contribution in [3.8, 4) is 11.6 Å². The first-order chi connectivity index (χ1) is 17.8. The molecule has 1 saturated heterocycles. The van der Waals surface area contributed by atoms with Crippen LogP contribution in [0, 0.1) is 26.7 Å². The van der Waals surface area contributed by atoms with Crippen LogP contribution in [0.1, 0.15) is 35.7 Å². The highest BCUT2D eigenvalue weighted by atomic mass is 16.5. The van der Waals surface area contributed by atoms with Gasteiger partial charge in [0.2, 0.25) is 11.8 Å². The second-order valence-corrected chi connectivity index (χ2v) is 9.57. The lowest BCUT2D eigenvalue weighted by Crippen LogP contribution is -2.29. The molecule has 8 heteroatoms. The third-order valence-corrected chi connectivity index (χ3v) is 6.98. The van der Waals surface area contributed by atoms with Crippen LogP contribution < -0.4 is 15.0 Å². The number of hydrogen-bond acceptors (Lipinski definition) is 5. The van der Waals surface area contributed by atoms with E-state index in [-0.39, 0.29) is 18.2 Å². The fourth-order valence-corrected chi connectivity index (χ4v) is 5.13. The van der Waals surface area contributed by atoms with E-state index in [0.29, 0.717) is 23.9 Å². The van der Waals surface area contributed by atoms with Crippen molar-refractivity contribution < 1.29 is 14.3 Å². The summed E-state index contributed by atoms with van der Waals surface area (Å²) in [5, 5.41) is 8.60. The van der Waals surface area contributed by atoms with Gasteiger partial charge in [-0.1, -0.05) is 37.3 Å². The Bertz CT molecular complexity index is 1520. The third kappa shape index (κ3) is 4.43. The first-order valence-electron chi connectivity index (χ1n) is 12.5. The number of para-hydroxylation sites is 2. The average Bonchev–Trinajstić information content (AvgIpc) is 3.45. The Hall–Kier alpha value is -4.20. The molecule has 1 aliphatic heterocycles. The van der Waals surface area contributed by atoms with E-state index in [4.69, 9.17) is 9.72 Å². The van der Waals surface area contributed by atoms with Gasteiger partial charge in [-0.05, 0) is 56.0 Å². The number of nitrogens with one attached hydrogen (secondary N) is 1. The lowest BCUT2D eigenvalue weighted by molar-refractivity contribution is -0.122. The molecule has 0 spiro atoms. The number of anilines is 2. The van der Waals surface area contributed by atoms with Crippen molar-refractivity contribution in [3.05, 3.63) is 70.9 Å². The number of nitrogens with zero attached hydrogens (tertiary/aromatic N) is 4. The van der Waals surface area contributed by atoms with Gasteiger partial charge in [-0.3, -0.25) is 9.59 Å². The number of hydrogen-bond donors (Lipinski definition) is 1. The number of benzene rings is 2. The number of aryl methyl sites for hydroxylation is 4. The van der Waals surface area contributed by atoms with E-state index >= 15 is 0 Å². The highest BCUT2D eigenvalue weighted by Gasteiger charge is 2.36. The number of rotatable bonds is 6. The minimum Gasteiger partial charge on any atom is -0.494 e. The van der Waals surface area contributed by atoms with Crippen LogP contribution in [0.15, 0.2) is 48.5 Å². The van der Waals surface area contributed by atoms with Crippen LogP contribution in [0.5, 0.6) is 5.75 Å². The molecular weight excluding hydrogens is 466 g/mol. The summed E-state index contributed by atoms with van der Waals surface area (Å²) in [4.78, 5) is 32.9. The zero-order chi connectivity index (χ0) is 26.3. The maximum absolute atomic E-state index is 13.4. The van der Waals surface area contributed by atoms with Crippen molar-refractivity contribution >= 4 is 34.2 Å². The maximum Gasteiger partial charge on any atom is 0.230 e. The lowest BCUT2D eigenvalue weighted by Gasteiger charge is -2.22. The maximum atomic E-state index is 13.4. The molecule has 5 rings (SSSR count). The summed E-state index contributed by atoms with van der Waals surface area (Å²) >= 11 is 0. The number of methoxy groups -OCH3 is 1. The molecule has 0 bridgehead atoms. The quantitative estimate of drug-likeness (QED) is 0.409. The minimum absolute atomic E-state index is 0.0345. The van der Waals surface area contributed by atoms with Gasteiger partial charge in [0.15, 0.2) is 5.82 Å². The monoisotopic (exact) mass is 497 g/mol. The molecule has 8 nitrogen and oxygen atoms in total. The van der Waals surface area contributed by atoms with Gasteiger partial charge >= 0.3 is 0 Å². The minimum atomic E-state index is -0.466. The Kier molecular flexibility index (Phi) is 6.41. The molecule has 1 N–H and O–H groups in total. The molecule has 0 aliphatic carbocycles. The molecule has 190 valence electrons. The Morgan fingerprint density at radius 3 is 2.65 bits per heavy atom. The Labute approximate surface area is 216 Å². The van der Waals surface area contributed by atoms with Crippen molar-refractivity contribution in [1.29, 1.82) is 0 Å². The van der Waals surface area contributed by atoms with Crippen LogP contribution in [0.25, 0.3) is 16.7 Å². The van der Waals surface area contributed by atoms with Gasteiger partial charge in [-0.15, -0.1) is 0 Å². The molecular formula is C29H31N5O3. The number of fused-ring (bicyclic) bond motifs is 1. The van der Waals surface area contributed by atoms with E-state index < -0.39 is 5.92 Å². The largest absolute Gasteiger partial charge is 0.494 e. The summed E-state index contributed by atoms with van der Waals surface area (Å²) in [6, 6.07) is 15.6. The fraction of sp³-hybridized carbons (Fsp3) is 0.310. The topological polar surface area (TPSA) is 89.3 Å². The van der Waals surface area contributed by atoms with E-state index in [9.17, 15) is 9.59 Å². The Morgan fingerprint density at radius 2 is 1.89 bits per heavy atom. The summed E-state index contributed by atoms with van der Waals surface area (Å²) in [5.74, 6) is 1.05. The molecule has 3 heterocycles. The summed E-state index contributed by atoms with van der Waals surface area (Å²) in [5.41, 5.74) is 5.56. The molecule has 2 amide bonds. The number of aromatic nitrogens is 3. The van der Waals surface area contributed by atoms with E-state index in [0.717, 1.165) is 45.4 Å². The second-order valence-electron chi connectivity index (χ2n) is 9.57. The molecule has 2 aromatic heterocycles. The molecule has 1 atom stereocenters. The normalized spacial score (nSPS) is 15.4. The van der Waals surface area contributed by atoms with Crippen LogP contribution in [0.2, 0.25) is 0 Å². The van der Waals surface area contributed by atoms with Crippen LogP contribution in [0.3, 0.4) is 0 Å². The standard InChI is InChI=1S/C29H31N5O3/c1-6-20-10-7-9-17(2)28(20)33-16-21(15-26(33)35)29(36)31-25-14-19(4)32-34(25)24-13-18(3)22-11-8-12-23(37-5)27(22)30-24/h7-14,21H,6,15-16H2,1-5H3,(H,31,36). The molecule has 4 aromatic rings. The summed E-state index contributed by atoms with van der Waals surface area (Å²) < 4.78 is 7.16. The molecule has 1 fully saturated rings. The van der Waals surface area contributed by atoms with Crippen molar-refractivity contribution in [1.82, 2.24) is 14.8 Å². The van der Waals surface area contributed by atoms with E-state index in [1.165, 1.54) is 0 Å². The van der Waals surface area contributed by atoms with Gasteiger partial charge in [-0.25, -0.2) is 4.98 Å².